The zero-order valence-corrected chi connectivity index (χ0v) is 13.6. The molecular formula is C15H19BrN4O. The summed E-state index contributed by atoms with van der Waals surface area (Å²) in [5.41, 5.74) is 0.946. The molecule has 1 aliphatic rings. The number of hydrogen-bond donors (Lipinski definition) is 1. The van der Waals surface area contributed by atoms with Gasteiger partial charge in [0.1, 0.15) is 0 Å². The van der Waals surface area contributed by atoms with Crippen molar-refractivity contribution in [3.8, 4) is 11.5 Å². The summed E-state index contributed by atoms with van der Waals surface area (Å²) in [4.78, 5) is 2.31. The molecule has 0 radical (unpaired) electrons. The van der Waals surface area contributed by atoms with Crippen LogP contribution in [0.1, 0.15) is 18.7 Å². The zero-order chi connectivity index (χ0) is 14.7. The Balaban J connectivity index is 1.65. The lowest BCUT2D eigenvalue weighted by Gasteiger charge is -2.30. The van der Waals surface area contributed by atoms with Gasteiger partial charge in [-0.2, -0.15) is 0 Å². The minimum atomic E-state index is 0.580. The van der Waals surface area contributed by atoms with E-state index in [9.17, 15) is 0 Å². The van der Waals surface area contributed by atoms with Crippen molar-refractivity contribution in [1.29, 1.82) is 0 Å². The lowest BCUT2D eigenvalue weighted by atomic mass is 10.1. The van der Waals surface area contributed by atoms with E-state index >= 15 is 0 Å². The average Bonchev–Trinajstić information content (AvgIpc) is 2.97. The van der Waals surface area contributed by atoms with Crippen LogP contribution in [0.2, 0.25) is 0 Å². The Morgan fingerprint density at radius 1 is 1.24 bits per heavy atom. The summed E-state index contributed by atoms with van der Waals surface area (Å²) in [6, 6.07) is 8.48. The van der Waals surface area contributed by atoms with Crippen LogP contribution in [0.15, 0.2) is 33.2 Å². The molecule has 2 heterocycles. The zero-order valence-electron chi connectivity index (χ0n) is 12.1. The number of nitrogens with zero attached hydrogens (tertiary/aromatic N) is 3. The predicted octanol–water partition coefficient (Wildman–Crippen LogP) is 2.68. The second kappa shape index (κ2) is 6.68. The summed E-state index contributed by atoms with van der Waals surface area (Å²) in [6.45, 7) is 2.88. The molecule has 1 aliphatic heterocycles. The number of rotatable bonds is 4. The van der Waals surface area contributed by atoms with E-state index in [2.05, 4.69) is 43.4 Å². The second-order valence-electron chi connectivity index (χ2n) is 5.40. The van der Waals surface area contributed by atoms with Gasteiger partial charge in [-0.15, -0.1) is 10.2 Å². The van der Waals surface area contributed by atoms with Crippen LogP contribution in [-0.4, -0.2) is 41.3 Å². The molecule has 21 heavy (non-hydrogen) atoms. The fraction of sp³-hybridized carbons (Fsp3) is 0.467. The fourth-order valence-electron chi connectivity index (χ4n) is 2.62. The molecule has 1 N–H and O–H groups in total. The van der Waals surface area contributed by atoms with Gasteiger partial charge in [-0.3, -0.25) is 4.90 Å². The highest BCUT2D eigenvalue weighted by atomic mass is 79.9. The van der Waals surface area contributed by atoms with Gasteiger partial charge in [0.2, 0.25) is 11.8 Å². The molecule has 6 heteroatoms. The van der Waals surface area contributed by atoms with Crippen LogP contribution in [0.3, 0.4) is 0 Å². The van der Waals surface area contributed by atoms with Crippen LogP contribution < -0.4 is 5.32 Å². The second-order valence-corrected chi connectivity index (χ2v) is 6.32. The van der Waals surface area contributed by atoms with Crippen molar-refractivity contribution in [2.45, 2.75) is 25.4 Å². The number of piperidine rings is 1. The van der Waals surface area contributed by atoms with Gasteiger partial charge in [-0.25, -0.2) is 0 Å². The van der Waals surface area contributed by atoms with E-state index in [0.717, 1.165) is 23.1 Å². The van der Waals surface area contributed by atoms with Gasteiger partial charge in [0.15, 0.2) is 0 Å². The third-order valence-electron chi connectivity index (χ3n) is 3.87. The Kier molecular flexibility index (Phi) is 4.67. The molecule has 5 nitrogen and oxygen atoms in total. The molecule has 0 unspecified atom stereocenters. The Morgan fingerprint density at radius 3 is 2.67 bits per heavy atom. The van der Waals surface area contributed by atoms with E-state index in [1.807, 2.05) is 24.3 Å². The molecule has 3 rings (SSSR count). The SMILES string of the molecule is CN(Cc1nnc(-c2ccc(Br)cc2)o1)C1CCNCC1. The number of nitrogens with one attached hydrogen (secondary N) is 1. The number of benzene rings is 1. The van der Waals surface area contributed by atoms with Gasteiger partial charge >= 0.3 is 0 Å². The van der Waals surface area contributed by atoms with Gasteiger partial charge in [0.25, 0.3) is 0 Å². The van der Waals surface area contributed by atoms with Crippen molar-refractivity contribution in [2.75, 3.05) is 20.1 Å². The molecule has 0 bridgehead atoms. The predicted molar refractivity (Wildman–Crippen MR) is 84.8 cm³/mol. The van der Waals surface area contributed by atoms with Crippen molar-refractivity contribution in [2.24, 2.45) is 0 Å². The Labute approximate surface area is 132 Å². The highest BCUT2D eigenvalue weighted by Crippen LogP contribution is 2.21. The Hall–Kier alpha value is -1.24. The highest BCUT2D eigenvalue weighted by Gasteiger charge is 2.19. The smallest absolute Gasteiger partial charge is 0.247 e. The van der Waals surface area contributed by atoms with Gasteiger partial charge < -0.3 is 9.73 Å². The third kappa shape index (κ3) is 3.70. The van der Waals surface area contributed by atoms with Crippen LogP contribution >= 0.6 is 15.9 Å². The van der Waals surface area contributed by atoms with E-state index in [1.165, 1.54) is 12.8 Å². The quantitative estimate of drug-likeness (QED) is 0.918. The largest absolute Gasteiger partial charge is 0.419 e. The molecule has 0 aliphatic carbocycles. The molecule has 0 amide bonds. The third-order valence-corrected chi connectivity index (χ3v) is 4.40. The summed E-state index contributed by atoms with van der Waals surface area (Å²) < 4.78 is 6.81. The maximum Gasteiger partial charge on any atom is 0.247 e. The van der Waals surface area contributed by atoms with Gasteiger partial charge in [0, 0.05) is 16.1 Å². The Bertz CT molecular complexity index is 578. The van der Waals surface area contributed by atoms with Crippen molar-refractivity contribution in [1.82, 2.24) is 20.4 Å². The summed E-state index contributed by atoms with van der Waals surface area (Å²) in [5, 5.41) is 11.7. The minimum Gasteiger partial charge on any atom is -0.419 e. The van der Waals surface area contributed by atoms with Crippen LogP contribution in [0.4, 0.5) is 0 Å². The van der Waals surface area contributed by atoms with Crippen molar-refractivity contribution in [3.63, 3.8) is 0 Å². The molecule has 112 valence electrons. The lowest BCUT2D eigenvalue weighted by molar-refractivity contribution is 0.177. The van der Waals surface area contributed by atoms with E-state index in [0.29, 0.717) is 24.4 Å². The first kappa shape index (κ1) is 14.7. The van der Waals surface area contributed by atoms with Crippen molar-refractivity contribution < 1.29 is 4.42 Å². The maximum absolute atomic E-state index is 5.78. The van der Waals surface area contributed by atoms with Crippen LogP contribution in [0, 0.1) is 0 Å². The van der Waals surface area contributed by atoms with Gasteiger partial charge in [0.05, 0.1) is 6.54 Å². The normalized spacial score (nSPS) is 16.5. The van der Waals surface area contributed by atoms with Gasteiger partial charge in [-0.1, -0.05) is 15.9 Å². The summed E-state index contributed by atoms with van der Waals surface area (Å²) in [5.74, 6) is 1.25. The number of hydrogen-bond acceptors (Lipinski definition) is 5. The van der Waals surface area contributed by atoms with Crippen molar-refractivity contribution in [3.05, 3.63) is 34.6 Å². The molecule has 0 spiro atoms. The van der Waals surface area contributed by atoms with E-state index in [-0.39, 0.29) is 0 Å². The summed E-state index contributed by atoms with van der Waals surface area (Å²) >= 11 is 3.42. The van der Waals surface area contributed by atoms with E-state index in [4.69, 9.17) is 4.42 Å². The number of halogens is 1. The average molecular weight is 351 g/mol. The van der Waals surface area contributed by atoms with E-state index < -0.39 is 0 Å². The summed E-state index contributed by atoms with van der Waals surface area (Å²) in [6.07, 6.45) is 2.34. The monoisotopic (exact) mass is 350 g/mol. The molecular weight excluding hydrogens is 332 g/mol. The Morgan fingerprint density at radius 2 is 1.95 bits per heavy atom. The molecule has 1 aromatic heterocycles. The molecule has 1 fully saturated rings. The van der Waals surface area contributed by atoms with Crippen LogP contribution in [-0.2, 0) is 6.54 Å². The van der Waals surface area contributed by atoms with Crippen molar-refractivity contribution >= 4 is 15.9 Å². The van der Waals surface area contributed by atoms with Crippen LogP contribution in [0.25, 0.3) is 11.5 Å². The maximum atomic E-state index is 5.78. The van der Waals surface area contributed by atoms with E-state index in [1.54, 1.807) is 0 Å². The number of aromatic nitrogens is 2. The lowest BCUT2D eigenvalue weighted by Crippen LogP contribution is -2.40. The molecule has 1 aromatic carbocycles. The summed E-state index contributed by atoms with van der Waals surface area (Å²) in [7, 11) is 2.12. The van der Waals surface area contributed by atoms with Crippen LogP contribution in [0.5, 0.6) is 0 Å². The first-order chi connectivity index (χ1) is 10.2. The first-order valence-electron chi connectivity index (χ1n) is 7.21. The molecule has 1 saturated heterocycles. The standard InChI is InChI=1S/C15H19BrN4O/c1-20(13-6-8-17-9-7-13)10-14-18-19-15(21-14)11-2-4-12(16)5-3-11/h2-5,13,17H,6-10H2,1H3. The fourth-order valence-corrected chi connectivity index (χ4v) is 2.88. The molecule has 0 atom stereocenters. The topological polar surface area (TPSA) is 54.2 Å². The molecule has 2 aromatic rings. The molecule has 0 saturated carbocycles. The first-order valence-corrected chi connectivity index (χ1v) is 8.01. The van der Waals surface area contributed by atoms with Gasteiger partial charge in [-0.05, 0) is 57.2 Å². The minimum absolute atomic E-state index is 0.580. The highest BCUT2D eigenvalue weighted by molar-refractivity contribution is 9.10.